The van der Waals surface area contributed by atoms with Gasteiger partial charge in [-0.15, -0.1) is 10.2 Å². The molecule has 0 saturated heterocycles. The van der Waals surface area contributed by atoms with Crippen molar-refractivity contribution in [1.82, 2.24) is 25.5 Å². The second-order valence-corrected chi connectivity index (χ2v) is 5.91. The molecule has 8 nitrogen and oxygen atoms in total. The lowest BCUT2D eigenvalue weighted by atomic mass is 10.1. The maximum Gasteiger partial charge on any atom is 0.254 e. The molecule has 1 heterocycles. The van der Waals surface area contributed by atoms with Crippen LogP contribution in [0.25, 0.3) is 11.4 Å². The number of hydrogen-bond donors (Lipinski definition) is 2. The van der Waals surface area contributed by atoms with Crippen LogP contribution in [0.2, 0.25) is 5.02 Å². The molecule has 2 amide bonds. The summed E-state index contributed by atoms with van der Waals surface area (Å²) in [6, 6.07) is 13.6. The van der Waals surface area contributed by atoms with Crippen LogP contribution in [0.5, 0.6) is 0 Å². The van der Waals surface area contributed by atoms with Crippen molar-refractivity contribution in [2.24, 2.45) is 0 Å². The minimum absolute atomic E-state index is 0.101. The molecule has 3 rings (SSSR count). The number of aromatic nitrogens is 4. The minimum atomic E-state index is -0.336. The Labute approximate surface area is 154 Å². The minimum Gasteiger partial charge on any atom is -0.332 e. The first kappa shape index (κ1) is 17.6. The van der Waals surface area contributed by atoms with Gasteiger partial charge in [0.25, 0.3) is 5.91 Å². The van der Waals surface area contributed by atoms with Gasteiger partial charge in [0.2, 0.25) is 11.7 Å². The molecule has 0 atom stereocenters. The van der Waals surface area contributed by atoms with E-state index in [2.05, 4.69) is 25.9 Å². The lowest BCUT2D eigenvalue weighted by Crippen LogP contribution is -2.34. The van der Waals surface area contributed by atoms with Crippen molar-refractivity contribution in [3.8, 4) is 11.4 Å². The number of likely N-dealkylation sites (N-methyl/N-ethyl adjacent to an activating group) is 1. The summed E-state index contributed by atoms with van der Waals surface area (Å²) in [5.41, 5.74) is 1.68. The molecule has 9 heteroatoms. The number of tetrazole rings is 1. The van der Waals surface area contributed by atoms with Gasteiger partial charge in [0.15, 0.2) is 0 Å². The van der Waals surface area contributed by atoms with E-state index in [1.165, 1.54) is 4.90 Å². The molecule has 0 fully saturated rings. The number of halogens is 1. The number of H-pyrrole nitrogens is 1. The van der Waals surface area contributed by atoms with E-state index in [4.69, 9.17) is 11.6 Å². The van der Waals surface area contributed by atoms with E-state index in [1.54, 1.807) is 55.6 Å². The van der Waals surface area contributed by atoms with E-state index in [9.17, 15) is 9.59 Å². The number of nitrogens with zero attached hydrogens (tertiary/aromatic N) is 4. The van der Waals surface area contributed by atoms with Crippen LogP contribution in [0.4, 0.5) is 5.69 Å². The normalized spacial score (nSPS) is 10.4. The Morgan fingerprint density at radius 1 is 1.15 bits per heavy atom. The highest BCUT2D eigenvalue weighted by molar-refractivity contribution is 6.33. The molecule has 0 aliphatic heterocycles. The van der Waals surface area contributed by atoms with E-state index in [0.717, 1.165) is 5.56 Å². The van der Waals surface area contributed by atoms with Gasteiger partial charge >= 0.3 is 0 Å². The molecule has 132 valence electrons. The molecule has 0 unspecified atom stereocenters. The van der Waals surface area contributed by atoms with Gasteiger partial charge < -0.3 is 10.2 Å². The fraction of sp³-hybridized carbons (Fsp3) is 0.118. The maximum absolute atomic E-state index is 12.5. The van der Waals surface area contributed by atoms with Gasteiger partial charge in [-0.05, 0) is 29.5 Å². The molecule has 0 spiro atoms. The number of amides is 2. The number of aromatic amines is 1. The summed E-state index contributed by atoms with van der Waals surface area (Å²) in [6.07, 6.45) is 0. The van der Waals surface area contributed by atoms with Crippen LogP contribution in [0, 0.1) is 0 Å². The van der Waals surface area contributed by atoms with Crippen LogP contribution >= 0.6 is 11.6 Å². The molecule has 2 N–H and O–H groups in total. The van der Waals surface area contributed by atoms with E-state index >= 15 is 0 Å². The van der Waals surface area contributed by atoms with Crippen molar-refractivity contribution in [2.75, 3.05) is 18.9 Å². The largest absolute Gasteiger partial charge is 0.332 e. The van der Waals surface area contributed by atoms with Gasteiger partial charge in [-0.3, -0.25) is 9.59 Å². The maximum atomic E-state index is 12.5. The predicted molar refractivity (Wildman–Crippen MR) is 96.7 cm³/mol. The summed E-state index contributed by atoms with van der Waals surface area (Å²) in [5, 5.41) is 16.7. The predicted octanol–water partition coefficient (Wildman–Crippen LogP) is 2.23. The number of nitrogens with one attached hydrogen (secondary N) is 2. The molecular weight excluding hydrogens is 356 g/mol. The lowest BCUT2D eigenvalue weighted by molar-refractivity contribution is -0.116. The van der Waals surface area contributed by atoms with Crippen molar-refractivity contribution in [3.05, 3.63) is 59.1 Å². The Morgan fingerprint density at radius 2 is 1.88 bits per heavy atom. The Kier molecular flexibility index (Phi) is 5.23. The molecule has 2 aromatic carbocycles. The highest BCUT2D eigenvalue weighted by Gasteiger charge is 2.16. The van der Waals surface area contributed by atoms with E-state index in [-0.39, 0.29) is 18.4 Å². The first-order valence-electron chi connectivity index (χ1n) is 7.68. The third-order valence-electron chi connectivity index (χ3n) is 3.61. The summed E-state index contributed by atoms with van der Waals surface area (Å²) in [7, 11) is 1.56. The zero-order chi connectivity index (χ0) is 18.5. The fourth-order valence-electron chi connectivity index (χ4n) is 2.31. The number of rotatable bonds is 5. The lowest BCUT2D eigenvalue weighted by Gasteiger charge is -2.17. The van der Waals surface area contributed by atoms with E-state index in [0.29, 0.717) is 22.1 Å². The van der Waals surface area contributed by atoms with Crippen LogP contribution in [0.15, 0.2) is 48.5 Å². The first-order chi connectivity index (χ1) is 12.5. The summed E-state index contributed by atoms with van der Waals surface area (Å²) in [4.78, 5) is 25.9. The number of para-hydroxylation sites is 1. The third kappa shape index (κ3) is 4.04. The molecular formula is C17H15ClN6O2. The molecule has 26 heavy (non-hydrogen) atoms. The quantitative estimate of drug-likeness (QED) is 0.716. The first-order valence-corrected chi connectivity index (χ1v) is 8.06. The monoisotopic (exact) mass is 370 g/mol. The summed E-state index contributed by atoms with van der Waals surface area (Å²) < 4.78 is 0. The molecule has 0 saturated carbocycles. The van der Waals surface area contributed by atoms with Crippen LogP contribution < -0.4 is 5.32 Å². The molecule has 0 radical (unpaired) electrons. The molecule has 1 aromatic heterocycles. The SMILES string of the molecule is CN(CC(=O)Nc1ccccc1Cl)C(=O)c1ccc(-c2nn[nH]n2)cc1. The fourth-order valence-corrected chi connectivity index (χ4v) is 2.49. The number of hydrogen-bond acceptors (Lipinski definition) is 5. The third-order valence-corrected chi connectivity index (χ3v) is 3.94. The zero-order valence-electron chi connectivity index (χ0n) is 13.8. The van der Waals surface area contributed by atoms with Crippen molar-refractivity contribution < 1.29 is 9.59 Å². The number of carbonyl (C=O) groups is 2. The van der Waals surface area contributed by atoms with Crippen LogP contribution in [-0.4, -0.2) is 50.9 Å². The molecule has 0 aliphatic carbocycles. The van der Waals surface area contributed by atoms with Crippen LogP contribution in [0.1, 0.15) is 10.4 Å². The van der Waals surface area contributed by atoms with Gasteiger partial charge in [-0.2, -0.15) is 5.21 Å². The van der Waals surface area contributed by atoms with Gasteiger partial charge in [0.1, 0.15) is 0 Å². The zero-order valence-corrected chi connectivity index (χ0v) is 14.6. The summed E-state index contributed by atoms with van der Waals surface area (Å²) >= 11 is 6.01. The van der Waals surface area contributed by atoms with Crippen LogP contribution in [-0.2, 0) is 4.79 Å². The summed E-state index contributed by atoms with van der Waals surface area (Å²) in [6.45, 7) is -0.101. The van der Waals surface area contributed by atoms with Gasteiger partial charge in [-0.25, -0.2) is 0 Å². The molecule has 0 bridgehead atoms. The van der Waals surface area contributed by atoms with E-state index in [1.807, 2.05) is 0 Å². The Hall–Kier alpha value is -3.26. The number of anilines is 1. The van der Waals surface area contributed by atoms with Crippen molar-refractivity contribution in [2.45, 2.75) is 0 Å². The standard InChI is InChI=1S/C17H15ClN6O2/c1-24(10-15(25)19-14-5-3-2-4-13(14)18)17(26)12-8-6-11(7-9-12)16-20-22-23-21-16/h2-9H,10H2,1H3,(H,19,25)(H,20,21,22,23). The topological polar surface area (TPSA) is 104 Å². The Bertz CT molecular complexity index is 911. The number of carbonyl (C=O) groups excluding carboxylic acids is 2. The smallest absolute Gasteiger partial charge is 0.254 e. The van der Waals surface area contributed by atoms with Gasteiger partial charge in [0.05, 0.1) is 17.3 Å². The Morgan fingerprint density at radius 3 is 2.54 bits per heavy atom. The van der Waals surface area contributed by atoms with Crippen molar-refractivity contribution in [1.29, 1.82) is 0 Å². The van der Waals surface area contributed by atoms with E-state index < -0.39 is 0 Å². The average Bonchev–Trinajstić information content (AvgIpc) is 3.18. The van der Waals surface area contributed by atoms with Gasteiger partial charge in [-0.1, -0.05) is 35.9 Å². The van der Waals surface area contributed by atoms with Crippen molar-refractivity contribution >= 4 is 29.1 Å². The second kappa shape index (κ2) is 7.75. The number of benzene rings is 2. The van der Waals surface area contributed by atoms with Gasteiger partial charge in [0, 0.05) is 18.2 Å². The highest BCUT2D eigenvalue weighted by Crippen LogP contribution is 2.20. The van der Waals surface area contributed by atoms with Crippen molar-refractivity contribution in [3.63, 3.8) is 0 Å². The van der Waals surface area contributed by atoms with Crippen LogP contribution in [0.3, 0.4) is 0 Å². The second-order valence-electron chi connectivity index (χ2n) is 5.50. The summed E-state index contributed by atoms with van der Waals surface area (Å²) in [5.74, 6) is -0.173. The highest BCUT2D eigenvalue weighted by atomic mass is 35.5. The molecule has 0 aliphatic rings. The average molecular weight is 371 g/mol. The molecule has 3 aromatic rings. The Balaban J connectivity index is 1.62.